The van der Waals surface area contributed by atoms with Gasteiger partial charge in [0, 0.05) is 25.8 Å². The van der Waals surface area contributed by atoms with Crippen LogP contribution in [0.1, 0.15) is 181 Å². The van der Waals surface area contributed by atoms with Gasteiger partial charge in [0.25, 0.3) is 0 Å². The molecule has 0 aliphatic carbocycles. The molecule has 0 aromatic rings. The van der Waals surface area contributed by atoms with Crippen molar-refractivity contribution < 1.29 is 24.2 Å². The predicted molar refractivity (Wildman–Crippen MR) is 185 cm³/mol. The van der Waals surface area contributed by atoms with Crippen molar-refractivity contribution in [2.45, 2.75) is 187 Å². The largest absolute Gasteiger partial charge is 0.465 e. The fourth-order valence-electron chi connectivity index (χ4n) is 5.62. The van der Waals surface area contributed by atoms with E-state index in [-0.39, 0.29) is 24.6 Å². The van der Waals surface area contributed by atoms with Gasteiger partial charge in [-0.15, -0.1) is 11.8 Å². The van der Waals surface area contributed by atoms with E-state index in [0.29, 0.717) is 32.4 Å². The molecule has 0 radical (unpaired) electrons. The molecule has 1 N–H and O–H groups in total. The molecule has 0 rings (SSSR count). The number of unbranched alkanes of at least 4 members (excludes halogenated alkanes) is 16. The fraction of sp³-hybridized carbons (Fsp3) is 0.895. The van der Waals surface area contributed by atoms with Gasteiger partial charge in [0.05, 0.1) is 6.61 Å². The van der Waals surface area contributed by atoms with Crippen LogP contribution in [0.5, 0.6) is 0 Å². The van der Waals surface area contributed by atoms with E-state index in [4.69, 9.17) is 9.47 Å². The van der Waals surface area contributed by atoms with Gasteiger partial charge in [-0.05, 0) is 71.4 Å². The molecular weight excluding hydrogens is 550 g/mol. The summed E-state index contributed by atoms with van der Waals surface area (Å²) in [7, 11) is 0. The van der Waals surface area contributed by atoms with Gasteiger partial charge in [-0.3, -0.25) is 9.59 Å². The van der Waals surface area contributed by atoms with Gasteiger partial charge in [0.15, 0.2) is 0 Å². The van der Waals surface area contributed by atoms with Crippen molar-refractivity contribution in [3.05, 3.63) is 0 Å². The van der Waals surface area contributed by atoms with Crippen molar-refractivity contribution in [1.29, 1.82) is 0 Å². The SMILES string of the molecule is CC#CCCOC(=O)CCCCCCCCN(CCO)CCCCC(=O)OC(CCCCCCCC)CCCCCCCC. The van der Waals surface area contributed by atoms with Gasteiger partial charge in [-0.1, -0.05) is 104 Å². The lowest BCUT2D eigenvalue weighted by molar-refractivity contribution is -0.150. The second-order valence-corrected chi connectivity index (χ2v) is 12.5. The quantitative estimate of drug-likeness (QED) is 0.0447. The summed E-state index contributed by atoms with van der Waals surface area (Å²) in [5, 5.41) is 9.51. The van der Waals surface area contributed by atoms with E-state index in [2.05, 4.69) is 30.6 Å². The Bertz CT molecular complexity index is 685. The average Bonchev–Trinajstić information content (AvgIpc) is 3.01. The van der Waals surface area contributed by atoms with E-state index in [9.17, 15) is 14.7 Å². The Morgan fingerprint density at radius 3 is 1.68 bits per heavy atom. The first kappa shape index (κ1) is 42.4. The van der Waals surface area contributed by atoms with Crippen LogP contribution in [0.3, 0.4) is 0 Å². The molecule has 0 amide bonds. The van der Waals surface area contributed by atoms with Gasteiger partial charge >= 0.3 is 11.9 Å². The van der Waals surface area contributed by atoms with E-state index >= 15 is 0 Å². The third-order valence-electron chi connectivity index (χ3n) is 8.35. The van der Waals surface area contributed by atoms with Gasteiger partial charge in [-0.25, -0.2) is 0 Å². The van der Waals surface area contributed by atoms with E-state index in [0.717, 1.165) is 83.7 Å². The number of carbonyl (C=O) groups is 2. The zero-order valence-electron chi connectivity index (χ0n) is 29.3. The molecule has 0 fully saturated rings. The van der Waals surface area contributed by atoms with Crippen molar-refractivity contribution in [2.24, 2.45) is 0 Å². The van der Waals surface area contributed by atoms with E-state index in [1.54, 1.807) is 6.92 Å². The molecule has 0 aliphatic heterocycles. The van der Waals surface area contributed by atoms with Gasteiger partial charge < -0.3 is 19.5 Å². The van der Waals surface area contributed by atoms with Gasteiger partial charge in [0.2, 0.25) is 0 Å². The number of aliphatic hydroxyl groups is 1. The van der Waals surface area contributed by atoms with Gasteiger partial charge in [-0.2, -0.15) is 0 Å². The number of hydrogen-bond donors (Lipinski definition) is 1. The summed E-state index contributed by atoms with van der Waals surface area (Å²) in [5.74, 6) is 5.56. The summed E-state index contributed by atoms with van der Waals surface area (Å²) in [5.41, 5.74) is 0. The van der Waals surface area contributed by atoms with Crippen LogP contribution in [0.25, 0.3) is 0 Å². The molecule has 0 heterocycles. The van der Waals surface area contributed by atoms with E-state index < -0.39 is 0 Å². The third-order valence-corrected chi connectivity index (χ3v) is 8.35. The zero-order chi connectivity index (χ0) is 32.4. The highest BCUT2D eigenvalue weighted by molar-refractivity contribution is 5.69. The maximum atomic E-state index is 12.7. The maximum Gasteiger partial charge on any atom is 0.306 e. The third kappa shape index (κ3) is 30.4. The van der Waals surface area contributed by atoms with Crippen molar-refractivity contribution >= 4 is 11.9 Å². The number of aliphatic hydroxyl groups excluding tert-OH is 1. The number of rotatable bonds is 33. The molecule has 0 saturated heterocycles. The Morgan fingerprint density at radius 2 is 1.11 bits per heavy atom. The van der Waals surface area contributed by atoms with Crippen LogP contribution in [-0.2, 0) is 19.1 Å². The number of nitrogens with zero attached hydrogens (tertiary/aromatic N) is 1. The Hall–Kier alpha value is -1.58. The Kier molecular flexibility index (Phi) is 33.1. The highest BCUT2D eigenvalue weighted by Gasteiger charge is 2.15. The first-order chi connectivity index (χ1) is 21.6. The van der Waals surface area contributed by atoms with Gasteiger partial charge in [0.1, 0.15) is 12.7 Å². The summed E-state index contributed by atoms with van der Waals surface area (Å²) in [6.07, 6.45) is 27.3. The van der Waals surface area contributed by atoms with Crippen LogP contribution in [-0.4, -0.2) is 60.9 Å². The molecule has 0 atom stereocenters. The second kappa shape index (κ2) is 34.3. The van der Waals surface area contributed by atoms with Crippen molar-refractivity contribution in [3.8, 4) is 11.8 Å². The van der Waals surface area contributed by atoms with Crippen LogP contribution in [0.15, 0.2) is 0 Å². The van der Waals surface area contributed by atoms with Crippen LogP contribution < -0.4 is 0 Å². The van der Waals surface area contributed by atoms with Crippen LogP contribution >= 0.6 is 0 Å². The minimum atomic E-state index is -0.114. The van der Waals surface area contributed by atoms with E-state index in [1.165, 1.54) is 70.6 Å². The van der Waals surface area contributed by atoms with Crippen molar-refractivity contribution in [1.82, 2.24) is 4.90 Å². The molecule has 258 valence electrons. The normalized spacial score (nSPS) is 11.1. The monoisotopic (exact) mass is 622 g/mol. The first-order valence-corrected chi connectivity index (χ1v) is 18.6. The minimum Gasteiger partial charge on any atom is -0.465 e. The van der Waals surface area contributed by atoms with Crippen molar-refractivity contribution in [3.63, 3.8) is 0 Å². The number of esters is 2. The molecule has 0 aliphatic rings. The van der Waals surface area contributed by atoms with Crippen LogP contribution in [0, 0.1) is 11.8 Å². The molecule has 0 spiro atoms. The average molecular weight is 622 g/mol. The smallest absolute Gasteiger partial charge is 0.306 e. The molecule has 0 aromatic carbocycles. The standard InChI is InChI=1S/C38H71NO5/c1-4-7-10-12-16-20-27-36(28-21-17-13-11-8-5-2)44-38(42)30-23-25-32-39(33-34-40)31-24-19-15-14-18-22-29-37(41)43-35-26-9-6-3/h36,40H,4-5,7-8,10-35H2,1-3H3. The number of hydrogen-bond acceptors (Lipinski definition) is 6. The highest BCUT2D eigenvalue weighted by atomic mass is 16.5. The van der Waals surface area contributed by atoms with E-state index in [1.807, 2.05) is 0 Å². The lowest BCUT2D eigenvalue weighted by Gasteiger charge is -2.21. The minimum absolute atomic E-state index is 0.0280. The van der Waals surface area contributed by atoms with Crippen LogP contribution in [0.2, 0.25) is 0 Å². The predicted octanol–water partition coefficient (Wildman–Crippen LogP) is 9.55. The molecule has 0 unspecified atom stereocenters. The summed E-state index contributed by atoms with van der Waals surface area (Å²) in [4.78, 5) is 26.7. The molecule has 0 bridgehead atoms. The van der Waals surface area contributed by atoms with Crippen molar-refractivity contribution in [2.75, 3.05) is 32.8 Å². The summed E-state index contributed by atoms with van der Waals surface area (Å²) >= 11 is 0. The second-order valence-electron chi connectivity index (χ2n) is 12.5. The topological polar surface area (TPSA) is 76.1 Å². The summed E-state index contributed by atoms with van der Waals surface area (Å²) in [6.45, 7) is 9.44. The molecule has 0 saturated carbocycles. The molecule has 44 heavy (non-hydrogen) atoms. The summed E-state index contributed by atoms with van der Waals surface area (Å²) in [6, 6.07) is 0. The highest BCUT2D eigenvalue weighted by Crippen LogP contribution is 2.18. The lowest BCUT2D eigenvalue weighted by atomic mass is 10.0. The molecule has 6 nitrogen and oxygen atoms in total. The Labute approximate surface area is 272 Å². The molecular formula is C38H71NO5. The number of ether oxygens (including phenoxy) is 2. The van der Waals surface area contributed by atoms with Crippen LogP contribution in [0.4, 0.5) is 0 Å². The lowest BCUT2D eigenvalue weighted by Crippen LogP contribution is -2.29. The fourth-order valence-corrected chi connectivity index (χ4v) is 5.62. The maximum absolute atomic E-state index is 12.7. The Balaban J connectivity index is 4.12. The molecule has 6 heteroatoms. The Morgan fingerprint density at radius 1 is 0.636 bits per heavy atom. The summed E-state index contributed by atoms with van der Waals surface area (Å²) < 4.78 is 11.2. The zero-order valence-corrected chi connectivity index (χ0v) is 29.3. The number of carbonyl (C=O) groups excluding carboxylic acids is 2. The molecule has 0 aromatic heterocycles. The first-order valence-electron chi connectivity index (χ1n) is 18.6.